The van der Waals surface area contributed by atoms with Gasteiger partial charge in [0.2, 0.25) is 5.91 Å². The van der Waals surface area contributed by atoms with E-state index in [1.165, 1.54) is 31.4 Å². The topological polar surface area (TPSA) is 109 Å². The molecule has 8 nitrogen and oxygen atoms in total. The highest BCUT2D eigenvalue weighted by Gasteiger charge is 2.16. The molecule has 0 bridgehead atoms. The van der Waals surface area contributed by atoms with Crippen LogP contribution in [0.25, 0.3) is 0 Å². The number of benzene rings is 1. The Balaban J connectivity index is 2.10. The Kier molecular flexibility index (Phi) is 4.89. The predicted octanol–water partition coefficient (Wildman–Crippen LogP) is -0.492. The number of hydrogen-bond donors (Lipinski definition) is 3. The van der Waals surface area contributed by atoms with Crippen LogP contribution in [0.4, 0.5) is 4.39 Å². The molecule has 1 aromatic carbocycles. The molecular formula is C13H15FN4O4. The van der Waals surface area contributed by atoms with Gasteiger partial charge in [-0.1, -0.05) is 12.1 Å². The minimum atomic E-state index is -0.703. The summed E-state index contributed by atoms with van der Waals surface area (Å²) in [6.07, 6.45) is 0. The Hall–Kier alpha value is -2.68. The summed E-state index contributed by atoms with van der Waals surface area (Å²) < 4.78 is 18.7. The first-order chi connectivity index (χ1) is 10.5. The number of nitrogens with zero attached hydrogens (tertiary/aromatic N) is 1. The maximum Gasteiger partial charge on any atom is 0.344 e. The van der Waals surface area contributed by atoms with Gasteiger partial charge in [0.1, 0.15) is 12.4 Å². The van der Waals surface area contributed by atoms with E-state index in [0.717, 1.165) is 4.57 Å². The van der Waals surface area contributed by atoms with Crippen LogP contribution in [0.3, 0.4) is 0 Å². The Labute approximate surface area is 123 Å². The average Bonchev–Trinajstić information content (AvgIpc) is 2.79. The Morgan fingerprint density at radius 1 is 1.27 bits per heavy atom. The van der Waals surface area contributed by atoms with Crippen molar-refractivity contribution in [2.45, 2.75) is 12.6 Å². The Morgan fingerprint density at radius 3 is 2.41 bits per heavy atom. The molecule has 9 heteroatoms. The van der Waals surface area contributed by atoms with Gasteiger partial charge in [0, 0.05) is 7.11 Å². The van der Waals surface area contributed by atoms with Crippen molar-refractivity contribution in [3.05, 3.63) is 56.6 Å². The van der Waals surface area contributed by atoms with Gasteiger partial charge in [-0.3, -0.25) is 4.79 Å². The number of nitrogens with one attached hydrogen (secondary N) is 3. The van der Waals surface area contributed by atoms with Crippen LogP contribution in [-0.4, -0.2) is 34.4 Å². The van der Waals surface area contributed by atoms with Gasteiger partial charge in [0.15, 0.2) is 0 Å². The lowest BCUT2D eigenvalue weighted by atomic mass is 10.1. The van der Waals surface area contributed by atoms with Crippen molar-refractivity contribution < 1.29 is 13.9 Å². The molecule has 0 saturated heterocycles. The van der Waals surface area contributed by atoms with Gasteiger partial charge in [-0.25, -0.2) is 28.7 Å². The summed E-state index contributed by atoms with van der Waals surface area (Å²) in [5, 5.41) is 6.80. The summed E-state index contributed by atoms with van der Waals surface area (Å²) >= 11 is 0. The standard InChI is InChI=1S/C13H15FN4O4/c1-22-7-10(8-2-4-9(14)5-3-8)15-11(19)6-18-12(20)16-17-13(18)21/h2-5,10H,6-7H2,1H3,(H,15,19)(H,16,20)(H,17,21). The van der Waals surface area contributed by atoms with Crippen molar-refractivity contribution in [2.75, 3.05) is 13.7 Å². The molecule has 2 aromatic rings. The number of methoxy groups -OCH3 is 1. The van der Waals surface area contributed by atoms with Crippen LogP contribution >= 0.6 is 0 Å². The fourth-order valence-corrected chi connectivity index (χ4v) is 1.94. The predicted molar refractivity (Wildman–Crippen MR) is 74.8 cm³/mol. The number of halogens is 1. The zero-order valence-corrected chi connectivity index (χ0v) is 11.8. The van der Waals surface area contributed by atoms with Crippen molar-refractivity contribution in [2.24, 2.45) is 0 Å². The first-order valence-corrected chi connectivity index (χ1v) is 6.42. The van der Waals surface area contributed by atoms with Crippen LogP contribution in [-0.2, 0) is 16.1 Å². The van der Waals surface area contributed by atoms with Crippen LogP contribution in [0.1, 0.15) is 11.6 Å². The average molecular weight is 310 g/mol. The summed E-state index contributed by atoms with van der Waals surface area (Å²) in [6, 6.07) is 5.06. The third-order valence-electron chi connectivity index (χ3n) is 3.01. The maximum absolute atomic E-state index is 12.9. The van der Waals surface area contributed by atoms with Crippen LogP contribution in [0, 0.1) is 5.82 Å². The van der Waals surface area contributed by atoms with Gasteiger partial charge in [-0.15, -0.1) is 0 Å². The lowest BCUT2D eigenvalue weighted by Gasteiger charge is -2.18. The highest BCUT2D eigenvalue weighted by atomic mass is 19.1. The molecule has 1 heterocycles. The van der Waals surface area contributed by atoms with Crippen molar-refractivity contribution >= 4 is 5.91 Å². The molecule has 0 fully saturated rings. The molecule has 0 aliphatic rings. The lowest BCUT2D eigenvalue weighted by Crippen LogP contribution is -2.38. The molecule has 2 rings (SSSR count). The number of ether oxygens (including phenoxy) is 1. The van der Waals surface area contributed by atoms with E-state index in [4.69, 9.17) is 4.74 Å². The third kappa shape index (κ3) is 3.70. The molecular weight excluding hydrogens is 295 g/mol. The number of aromatic nitrogens is 3. The number of carbonyl (C=O) groups is 1. The van der Waals surface area contributed by atoms with Gasteiger partial charge >= 0.3 is 11.4 Å². The molecule has 1 amide bonds. The molecule has 1 unspecified atom stereocenters. The van der Waals surface area contributed by atoms with Crippen molar-refractivity contribution in [1.82, 2.24) is 20.1 Å². The fourth-order valence-electron chi connectivity index (χ4n) is 1.94. The molecule has 0 aliphatic carbocycles. The Bertz CT molecular complexity index is 719. The molecule has 0 radical (unpaired) electrons. The molecule has 0 spiro atoms. The van der Waals surface area contributed by atoms with Crippen molar-refractivity contribution in [1.29, 1.82) is 0 Å². The SMILES string of the molecule is COCC(NC(=O)Cn1c(=O)[nH][nH]c1=O)c1ccc(F)cc1. The summed E-state index contributed by atoms with van der Waals surface area (Å²) in [4.78, 5) is 34.6. The van der Waals surface area contributed by atoms with E-state index in [1.54, 1.807) is 0 Å². The molecule has 118 valence electrons. The monoisotopic (exact) mass is 310 g/mol. The quantitative estimate of drug-likeness (QED) is 0.668. The maximum atomic E-state index is 12.9. The molecule has 0 aliphatic heterocycles. The Morgan fingerprint density at radius 2 is 1.86 bits per heavy atom. The highest BCUT2D eigenvalue weighted by molar-refractivity contribution is 5.76. The number of hydrogen-bond acceptors (Lipinski definition) is 4. The summed E-state index contributed by atoms with van der Waals surface area (Å²) in [5.74, 6) is -0.935. The van der Waals surface area contributed by atoms with Crippen LogP contribution in [0.5, 0.6) is 0 Å². The number of H-pyrrole nitrogens is 2. The zero-order chi connectivity index (χ0) is 16.1. The van der Waals surface area contributed by atoms with E-state index in [9.17, 15) is 18.8 Å². The number of rotatable bonds is 6. The van der Waals surface area contributed by atoms with Crippen LogP contribution < -0.4 is 16.7 Å². The second-order valence-corrected chi connectivity index (χ2v) is 4.57. The lowest BCUT2D eigenvalue weighted by molar-refractivity contribution is -0.122. The van der Waals surface area contributed by atoms with Crippen molar-refractivity contribution in [3.63, 3.8) is 0 Å². The van der Waals surface area contributed by atoms with Gasteiger partial charge in [0.25, 0.3) is 0 Å². The minimum absolute atomic E-state index is 0.162. The van der Waals surface area contributed by atoms with Gasteiger partial charge < -0.3 is 10.1 Å². The van der Waals surface area contributed by atoms with E-state index in [-0.39, 0.29) is 6.61 Å². The third-order valence-corrected chi connectivity index (χ3v) is 3.01. The fraction of sp³-hybridized carbons (Fsp3) is 0.308. The molecule has 1 atom stereocenters. The normalized spacial score (nSPS) is 12.1. The van der Waals surface area contributed by atoms with E-state index in [0.29, 0.717) is 5.56 Å². The molecule has 1 aromatic heterocycles. The number of amides is 1. The minimum Gasteiger partial charge on any atom is -0.382 e. The summed E-state index contributed by atoms with van der Waals surface area (Å²) in [6.45, 7) is -0.269. The smallest absolute Gasteiger partial charge is 0.344 e. The van der Waals surface area contributed by atoms with Gasteiger partial charge in [-0.05, 0) is 17.7 Å². The zero-order valence-electron chi connectivity index (χ0n) is 11.8. The molecule has 0 saturated carbocycles. The first-order valence-electron chi connectivity index (χ1n) is 6.42. The first kappa shape index (κ1) is 15.7. The van der Waals surface area contributed by atoms with E-state index in [1.807, 2.05) is 0 Å². The van der Waals surface area contributed by atoms with Crippen LogP contribution in [0.15, 0.2) is 33.9 Å². The van der Waals surface area contributed by atoms with E-state index < -0.39 is 35.7 Å². The van der Waals surface area contributed by atoms with E-state index in [2.05, 4.69) is 15.5 Å². The number of aromatic amines is 2. The second-order valence-electron chi connectivity index (χ2n) is 4.57. The van der Waals surface area contributed by atoms with Gasteiger partial charge in [-0.2, -0.15) is 0 Å². The molecule has 3 N–H and O–H groups in total. The van der Waals surface area contributed by atoms with Crippen molar-refractivity contribution in [3.8, 4) is 0 Å². The highest BCUT2D eigenvalue weighted by Crippen LogP contribution is 2.14. The summed E-state index contributed by atoms with van der Waals surface area (Å²) in [5.41, 5.74) is -0.762. The second kappa shape index (κ2) is 6.85. The van der Waals surface area contributed by atoms with Crippen LogP contribution in [0.2, 0.25) is 0 Å². The molecule has 22 heavy (non-hydrogen) atoms. The van der Waals surface area contributed by atoms with E-state index >= 15 is 0 Å². The largest absolute Gasteiger partial charge is 0.382 e. The summed E-state index contributed by atoms with van der Waals surface area (Å²) in [7, 11) is 1.46. The number of carbonyl (C=O) groups excluding carboxylic acids is 1. The van der Waals surface area contributed by atoms with Gasteiger partial charge in [0.05, 0.1) is 12.6 Å².